The van der Waals surface area contributed by atoms with E-state index in [1.54, 1.807) is 0 Å². The average Bonchev–Trinajstić information content (AvgIpc) is 2.55. The molecule has 0 aliphatic carbocycles. The maximum absolute atomic E-state index is 10.1. The van der Waals surface area contributed by atoms with Crippen LogP contribution in [0.4, 0.5) is 0 Å². The molecule has 4 atom stereocenters. The van der Waals surface area contributed by atoms with Gasteiger partial charge in [-0.1, -0.05) is 66.2 Å². The Morgan fingerprint density at radius 3 is 1.28 bits per heavy atom. The van der Waals surface area contributed by atoms with Crippen LogP contribution in [0.15, 0.2) is 0 Å². The molecule has 0 fully saturated rings. The summed E-state index contributed by atoms with van der Waals surface area (Å²) in [5, 5.41) is 0. The van der Waals surface area contributed by atoms with Gasteiger partial charge in [0.1, 0.15) is 16.5 Å². The summed E-state index contributed by atoms with van der Waals surface area (Å²) in [6.07, 6.45) is 8.75. The van der Waals surface area contributed by atoms with Crippen LogP contribution in [0.1, 0.15) is 79.1 Å². The first kappa shape index (κ1) is 31.3. The monoisotopic (exact) mass is 426 g/mol. The number of rotatable bonds is 14. The first-order chi connectivity index (χ1) is 11.4. The second kappa shape index (κ2) is 23.6. The van der Waals surface area contributed by atoms with Crippen molar-refractivity contribution in [1.29, 1.82) is 0 Å². The van der Waals surface area contributed by atoms with Gasteiger partial charge in [-0.2, -0.15) is 0 Å². The Hall–Kier alpha value is 1.56. The van der Waals surface area contributed by atoms with Gasteiger partial charge in [-0.15, -0.1) is 0 Å². The molecule has 0 aromatic rings. The molecule has 4 unspecified atom stereocenters. The molecule has 9 heteroatoms. The van der Waals surface area contributed by atoms with Crippen LogP contribution >= 0.6 is 16.5 Å². The molecule has 0 aliphatic rings. The fourth-order valence-electron chi connectivity index (χ4n) is 2.17. The number of hydrogen-bond acceptors (Lipinski definition) is 6. The molecule has 0 N–H and O–H groups in total. The molecule has 25 heavy (non-hydrogen) atoms. The van der Waals surface area contributed by atoms with Crippen molar-refractivity contribution in [3.8, 4) is 0 Å². The first-order valence-electron chi connectivity index (χ1n) is 9.08. The van der Waals surface area contributed by atoms with Gasteiger partial charge in [0.05, 0.1) is 13.2 Å². The fraction of sp³-hybridized carbons (Fsp3) is 1.00. The van der Waals surface area contributed by atoms with Gasteiger partial charge in [-0.3, -0.25) is 0 Å². The standard InChI is InChI=1S/2C8H19O3P.Ca/c2*1-3-5-6-8(4-2)7-11-12(9)10;/h2*8,12H,3-7H2,1-2H3,(H,9,10);/q;;+2/p-2. The number of unbranched alkanes of at least 4 members (excludes halogenated alkanes) is 2. The van der Waals surface area contributed by atoms with Gasteiger partial charge in [-0.05, 0) is 24.7 Å². The van der Waals surface area contributed by atoms with Crippen LogP contribution in [-0.2, 0) is 18.2 Å². The molecule has 6 nitrogen and oxygen atoms in total. The zero-order valence-corrected chi connectivity index (χ0v) is 20.6. The van der Waals surface area contributed by atoms with Crippen molar-refractivity contribution in [3.05, 3.63) is 0 Å². The summed E-state index contributed by atoms with van der Waals surface area (Å²) in [6, 6.07) is 0. The van der Waals surface area contributed by atoms with Crippen LogP contribution in [0.2, 0.25) is 0 Å². The van der Waals surface area contributed by atoms with Crippen molar-refractivity contribution < 1.29 is 28.0 Å². The second-order valence-corrected chi connectivity index (χ2v) is 7.53. The largest absolute Gasteiger partial charge is 2.00 e. The van der Waals surface area contributed by atoms with Gasteiger partial charge in [0.15, 0.2) is 0 Å². The molecule has 0 saturated heterocycles. The summed E-state index contributed by atoms with van der Waals surface area (Å²) in [6.45, 7) is 9.13. The van der Waals surface area contributed by atoms with Gasteiger partial charge in [0, 0.05) is 0 Å². The van der Waals surface area contributed by atoms with Crippen molar-refractivity contribution >= 4 is 54.2 Å². The Kier molecular flexibility index (Phi) is 29.5. The van der Waals surface area contributed by atoms with Gasteiger partial charge in [-0.25, -0.2) is 0 Å². The second-order valence-electron chi connectivity index (χ2n) is 5.96. The third-order valence-corrected chi connectivity index (χ3v) is 4.77. The van der Waals surface area contributed by atoms with E-state index in [1.807, 2.05) is 0 Å². The summed E-state index contributed by atoms with van der Waals surface area (Å²) < 4.78 is 29.5. The van der Waals surface area contributed by atoms with Crippen molar-refractivity contribution in [3.63, 3.8) is 0 Å². The molecule has 0 saturated carbocycles. The fourth-order valence-corrected chi connectivity index (χ4v) is 2.91. The van der Waals surface area contributed by atoms with Crippen LogP contribution in [0, 0.1) is 11.8 Å². The molecule has 0 aromatic carbocycles. The molecule has 0 rings (SSSR count). The first-order valence-corrected chi connectivity index (χ1v) is 11.5. The van der Waals surface area contributed by atoms with E-state index < -0.39 is 16.5 Å². The van der Waals surface area contributed by atoms with E-state index >= 15 is 0 Å². The molecule has 0 radical (unpaired) electrons. The van der Waals surface area contributed by atoms with Gasteiger partial charge in [0.25, 0.3) is 0 Å². The topological polar surface area (TPSA) is 98.7 Å². The molecule has 148 valence electrons. The smallest absolute Gasteiger partial charge is 0.781 e. The van der Waals surface area contributed by atoms with Crippen molar-refractivity contribution in [2.45, 2.75) is 79.1 Å². The molecule has 0 aliphatic heterocycles. The molecular formula is C16H36CaO6P2. The minimum atomic E-state index is -2.96. The van der Waals surface area contributed by atoms with Crippen LogP contribution in [-0.4, -0.2) is 51.0 Å². The van der Waals surface area contributed by atoms with Crippen molar-refractivity contribution in [2.75, 3.05) is 13.2 Å². The Balaban J connectivity index is -0.000000372. The molecular weight excluding hydrogens is 390 g/mol. The Morgan fingerprint density at radius 1 is 0.760 bits per heavy atom. The maximum Gasteiger partial charge on any atom is 2.00 e. The molecule has 0 heterocycles. The van der Waals surface area contributed by atoms with Crippen molar-refractivity contribution in [1.82, 2.24) is 0 Å². The summed E-state index contributed by atoms with van der Waals surface area (Å²) in [5.74, 6) is 0.820. The average molecular weight is 426 g/mol. The van der Waals surface area contributed by atoms with E-state index in [9.17, 15) is 18.9 Å². The minimum Gasteiger partial charge on any atom is -0.781 e. The predicted octanol–water partition coefficient (Wildman–Crippen LogP) is 3.56. The summed E-state index contributed by atoms with van der Waals surface area (Å²) in [7, 11) is -5.93. The Morgan fingerprint density at radius 2 is 1.08 bits per heavy atom. The third-order valence-electron chi connectivity index (χ3n) is 3.96. The third kappa shape index (κ3) is 25.6. The summed E-state index contributed by atoms with van der Waals surface area (Å²) in [5.41, 5.74) is 0. The van der Waals surface area contributed by atoms with E-state index in [2.05, 4.69) is 36.7 Å². The van der Waals surface area contributed by atoms with Gasteiger partial charge >= 0.3 is 37.7 Å². The molecule has 0 amide bonds. The van der Waals surface area contributed by atoms with Crippen LogP contribution < -0.4 is 9.79 Å². The Labute approximate surface area is 185 Å². The number of hydrogen-bond donors (Lipinski definition) is 0. The zero-order chi connectivity index (χ0) is 18.8. The van der Waals surface area contributed by atoms with Crippen molar-refractivity contribution in [2.24, 2.45) is 11.8 Å². The van der Waals surface area contributed by atoms with E-state index in [-0.39, 0.29) is 37.7 Å². The van der Waals surface area contributed by atoms with E-state index in [4.69, 9.17) is 0 Å². The van der Waals surface area contributed by atoms with Gasteiger partial charge in [0.2, 0.25) is 0 Å². The van der Waals surface area contributed by atoms with E-state index in [1.165, 1.54) is 0 Å². The SMILES string of the molecule is CCCCC(CC)CO[PH](=O)[O-].CCCCC(CC)CO[PH](=O)[O-].[Ca+2]. The van der Waals surface area contributed by atoms with Crippen LogP contribution in [0.5, 0.6) is 0 Å². The normalized spacial score (nSPS) is 15.3. The summed E-state index contributed by atoms with van der Waals surface area (Å²) >= 11 is 0. The maximum atomic E-state index is 10.1. The Bertz CT molecular complexity index is 291. The molecule has 0 spiro atoms. The predicted molar refractivity (Wildman–Crippen MR) is 102 cm³/mol. The van der Waals surface area contributed by atoms with Gasteiger partial charge < -0.3 is 28.0 Å². The zero-order valence-electron chi connectivity index (χ0n) is 16.4. The van der Waals surface area contributed by atoms with Crippen LogP contribution in [0.3, 0.4) is 0 Å². The van der Waals surface area contributed by atoms with Crippen LogP contribution in [0.25, 0.3) is 0 Å². The van der Waals surface area contributed by atoms with E-state index in [0.717, 1.165) is 51.4 Å². The molecule has 0 bridgehead atoms. The quantitative estimate of drug-likeness (QED) is 0.311. The molecule has 0 aromatic heterocycles. The minimum absolute atomic E-state index is 0. The van der Waals surface area contributed by atoms with E-state index in [0.29, 0.717) is 25.0 Å². The summed E-state index contributed by atoms with van der Waals surface area (Å²) in [4.78, 5) is 20.3.